The van der Waals surface area contributed by atoms with E-state index in [1.807, 2.05) is 51.9 Å². The first-order valence-electron chi connectivity index (χ1n) is 10.2. The van der Waals surface area contributed by atoms with Crippen LogP contribution < -0.4 is 5.32 Å². The summed E-state index contributed by atoms with van der Waals surface area (Å²) in [4.78, 5) is 26.8. The monoisotopic (exact) mass is 400 g/mol. The van der Waals surface area contributed by atoms with Gasteiger partial charge in [0, 0.05) is 38.9 Å². The highest BCUT2D eigenvalue weighted by Crippen LogP contribution is 2.31. The van der Waals surface area contributed by atoms with E-state index < -0.39 is 0 Å². The van der Waals surface area contributed by atoms with Gasteiger partial charge in [0.15, 0.2) is 5.65 Å². The molecule has 30 heavy (non-hydrogen) atoms. The molecule has 0 saturated carbocycles. The predicted octanol–water partition coefficient (Wildman–Crippen LogP) is 2.88. The topological polar surface area (TPSA) is 65.8 Å². The maximum absolute atomic E-state index is 13.6. The second-order valence-electron chi connectivity index (χ2n) is 7.69. The molecule has 1 fully saturated rings. The molecule has 7 nitrogen and oxygen atoms in total. The molecule has 152 valence electrons. The maximum Gasteiger partial charge on any atom is 0.256 e. The van der Waals surface area contributed by atoms with Crippen LogP contribution in [0.2, 0.25) is 0 Å². The molecule has 0 unspecified atom stereocenters. The van der Waals surface area contributed by atoms with Crippen molar-refractivity contribution < 1.29 is 4.79 Å². The van der Waals surface area contributed by atoms with E-state index in [1.165, 1.54) is 0 Å². The molecule has 0 aliphatic carbocycles. The minimum absolute atomic E-state index is 0.0411. The molecule has 0 atom stereocenters. The average molecular weight is 400 g/mol. The molecule has 1 N–H and O–H groups in total. The van der Waals surface area contributed by atoms with Gasteiger partial charge in [0.2, 0.25) is 0 Å². The second kappa shape index (κ2) is 7.76. The van der Waals surface area contributed by atoms with Crippen LogP contribution in [0.1, 0.15) is 15.9 Å². The minimum atomic E-state index is 0.0411. The highest BCUT2D eigenvalue weighted by Gasteiger charge is 2.27. The van der Waals surface area contributed by atoms with Crippen molar-refractivity contribution in [1.82, 2.24) is 24.2 Å². The Kier molecular flexibility index (Phi) is 4.80. The van der Waals surface area contributed by atoms with Crippen molar-refractivity contribution in [2.24, 2.45) is 0 Å². The van der Waals surface area contributed by atoms with Gasteiger partial charge in [-0.3, -0.25) is 4.79 Å². The molecule has 1 aliphatic heterocycles. The molecule has 0 bridgehead atoms. The van der Waals surface area contributed by atoms with Crippen LogP contribution >= 0.6 is 0 Å². The molecule has 1 aromatic carbocycles. The van der Waals surface area contributed by atoms with Gasteiger partial charge in [0.05, 0.1) is 16.5 Å². The van der Waals surface area contributed by atoms with Crippen molar-refractivity contribution in [3.63, 3.8) is 0 Å². The maximum atomic E-state index is 13.6. The molecule has 0 radical (unpaired) electrons. The van der Waals surface area contributed by atoms with E-state index in [0.717, 1.165) is 48.3 Å². The fraction of sp³-hybridized carbons (Fsp3) is 0.261. The van der Waals surface area contributed by atoms with Crippen molar-refractivity contribution in [2.75, 3.05) is 38.5 Å². The van der Waals surface area contributed by atoms with Crippen molar-refractivity contribution in [3.05, 3.63) is 72.2 Å². The number of piperazine rings is 1. The SMILES string of the molecule is CN1CCN(C(=O)c2c3c(NCc4ccccc4)ncnc3n3ccccc23)CC1. The fourth-order valence-corrected chi connectivity index (χ4v) is 4.05. The molecule has 5 rings (SSSR count). The number of nitrogens with zero attached hydrogens (tertiary/aromatic N) is 5. The van der Waals surface area contributed by atoms with E-state index in [9.17, 15) is 4.79 Å². The summed E-state index contributed by atoms with van der Waals surface area (Å²) in [5.74, 6) is 0.726. The molecule has 0 spiro atoms. The zero-order valence-corrected chi connectivity index (χ0v) is 17.0. The Bertz CT molecular complexity index is 1190. The standard InChI is InChI=1S/C23H24N6O/c1-27-11-13-28(14-12-27)23(30)19-18-9-5-6-10-29(18)22-20(19)21(25-16-26-22)24-15-17-7-3-2-4-8-17/h2-10,16H,11-15H2,1H3,(H,24,25,26). The number of anilines is 1. The minimum Gasteiger partial charge on any atom is -0.365 e. The number of hydrogen-bond acceptors (Lipinski definition) is 5. The van der Waals surface area contributed by atoms with Crippen LogP contribution in [0.5, 0.6) is 0 Å². The molecule has 4 aromatic rings. The third-order valence-electron chi connectivity index (χ3n) is 5.73. The summed E-state index contributed by atoms with van der Waals surface area (Å²) in [5.41, 5.74) is 3.43. The predicted molar refractivity (Wildman–Crippen MR) is 118 cm³/mol. The van der Waals surface area contributed by atoms with Crippen molar-refractivity contribution in [2.45, 2.75) is 6.54 Å². The van der Waals surface area contributed by atoms with Gasteiger partial charge in [0.1, 0.15) is 12.1 Å². The van der Waals surface area contributed by atoms with Gasteiger partial charge in [-0.05, 0) is 24.7 Å². The van der Waals surface area contributed by atoms with Gasteiger partial charge in [-0.2, -0.15) is 0 Å². The van der Waals surface area contributed by atoms with Gasteiger partial charge in [-0.1, -0.05) is 36.4 Å². The number of carbonyl (C=O) groups excluding carboxylic acids is 1. The van der Waals surface area contributed by atoms with Gasteiger partial charge >= 0.3 is 0 Å². The molecule has 7 heteroatoms. The number of nitrogens with one attached hydrogen (secondary N) is 1. The van der Waals surface area contributed by atoms with Gasteiger partial charge in [0.25, 0.3) is 5.91 Å². The Balaban J connectivity index is 1.61. The Morgan fingerprint density at radius 2 is 1.77 bits per heavy atom. The Labute approximate surface area is 175 Å². The number of fused-ring (bicyclic) bond motifs is 3. The van der Waals surface area contributed by atoms with Crippen molar-refractivity contribution in [1.29, 1.82) is 0 Å². The third kappa shape index (κ3) is 3.27. The number of rotatable bonds is 4. The zero-order valence-electron chi connectivity index (χ0n) is 17.0. The number of hydrogen-bond donors (Lipinski definition) is 1. The van der Waals surface area contributed by atoms with Crippen LogP contribution in [0.25, 0.3) is 16.6 Å². The van der Waals surface area contributed by atoms with E-state index in [1.54, 1.807) is 6.33 Å². The Morgan fingerprint density at radius 1 is 1.00 bits per heavy atom. The molecular formula is C23H24N6O. The van der Waals surface area contributed by atoms with Crippen molar-refractivity contribution >= 4 is 28.3 Å². The summed E-state index contributed by atoms with van der Waals surface area (Å²) in [6.07, 6.45) is 3.51. The zero-order chi connectivity index (χ0) is 20.5. The van der Waals surface area contributed by atoms with E-state index >= 15 is 0 Å². The molecular weight excluding hydrogens is 376 g/mol. The van der Waals surface area contributed by atoms with Crippen LogP contribution in [-0.2, 0) is 6.54 Å². The largest absolute Gasteiger partial charge is 0.365 e. The number of aromatic nitrogens is 3. The highest BCUT2D eigenvalue weighted by molar-refractivity contribution is 6.16. The summed E-state index contributed by atoms with van der Waals surface area (Å²) in [5, 5.41) is 4.21. The summed E-state index contributed by atoms with van der Waals surface area (Å²) < 4.78 is 1.98. The van der Waals surface area contributed by atoms with Crippen molar-refractivity contribution in [3.8, 4) is 0 Å². The van der Waals surface area contributed by atoms with Gasteiger partial charge in [-0.25, -0.2) is 9.97 Å². The average Bonchev–Trinajstić information content (AvgIpc) is 3.13. The Hall–Kier alpha value is -3.45. The van der Waals surface area contributed by atoms with Gasteiger partial charge in [-0.15, -0.1) is 0 Å². The number of pyridine rings is 1. The first-order chi connectivity index (χ1) is 14.7. The number of benzene rings is 1. The van der Waals surface area contributed by atoms with E-state index in [-0.39, 0.29) is 5.91 Å². The smallest absolute Gasteiger partial charge is 0.256 e. The summed E-state index contributed by atoms with van der Waals surface area (Å²) in [7, 11) is 2.09. The fourth-order valence-electron chi connectivity index (χ4n) is 4.05. The molecule has 1 aliphatic rings. The number of carbonyl (C=O) groups is 1. The summed E-state index contributed by atoms with van der Waals surface area (Å²) in [6, 6.07) is 16.1. The highest BCUT2D eigenvalue weighted by atomic mass is 16.2. The summed E-state index contributed by atoms with van der Waals surface area (Å²) in [6.45, 7) is 3.83. The van der Waals surface area contributed by atoms with Gasteiger partial charge < -0.3 is 19.5 Å². The molecule has 3 aromatic heterocycles. The molecule has 1 saturated heterocycles. The van der Waals surface area contributed by atoms with Crippen LogP contribution in [0.15, 0.2) is 61.1 Å². The van der Waals surface area contributed by atoms with Crippen LogP contribution in [0, 0.1) is 0 Å². The lowest BCUT2D eigenvalue weighted by molar-refractivity contribution is 0.0668. The normalized spacial score (nSPS) is 15.0. The lowest BCUT2D eigenvalue weighted by atomic mass is 10.1. The van der Waals surface area contributed by atoms with E-state index in [4.69, 9.17) is 0 Å². The third-order valence-corrected chi connectivity index (χ3v) is 5.73. The summed E-state index contributed by atoms with van der Waals surface area (Å²) >= 11 is 0. The Morgan fingerprint density at radius 3 is 2.57 bits per heavy atom. The number of amides is 1. The molecule has 1 amide bonds. The number of likely N-dealkylation sites (N-methyl/N-ethyl adjacent to an activating group) is 1. The molecule has 4 heterocycles. The van der Waals surface area contributed by atoms with Crippen LogP contribution in [-0.4, -0.2) is 63.3 Å². The lowest BCUT2D eigenvalue weighted by Crippen LogP contribution is -2.47. The first-order valence-corrected chi connectivity index (χ1v) is 10.2. The first kappa shape index (κ1) is 18.6. The van der Waals surface area contributed by atoms with Crippen LogP contribution in [0.3, 0.4) is 0 Å². The lowest BCUT2D eigenvalue weighted by Gasteiger charge is -2.32. The van der Waals surface area contributed by atoms with E-state index in [2.05, 4.69) is 39.4 Å². The quantitative estimate of drug-likeness (QED) is 0.571. The second-order valence-corrected chi connectivity index (χ2v) is 7.69. The van der Waals surface area contributed by atoms with E-state index in [0.29, 0.717) is 17.9 Å². The van der Waals surface area contributed by atoms with Crippen LogP contribution in [0.4, 0.5) is 5.82 Å².